The van der Waals surface area contributed by atoms with Crippen LogP contribution in [0.4, 0.5) is 0 Å². The summed E-state index contributed by atoms with van der Waals surface area (Å²) in [5.41, 5.74) is -0.492. The molecule has 1 aromatic heterocycles. The monoisotopic (exact) mass is 369 g/mol. The molecule has 0 saturated carbocycles. The van der Waals surface area contributed by atoms with Crippen LogP contribution in [-0.2, 0) is 10.0 Å². The fourth-order valence-corrected chi connectivity index (χ4v) is 4.22. The SMILES string of the molecule is Cc1cc(OC2CCN(S(=O)(=O)c3ccc(Cl)cc3)C2)cc(=O)o1. The Hall–Kier alpha value is -1.83. The van der Waals surface area contributed by atoms with E-state index in [1.165, 1.54) is 22.5 Å². The number of halogens is 1. The highest BCUT2D eigenvalue weighted by Gasteiger charge is 2.33. The number of hydrogen-bond donors (Lipinski definition) is 0. The van der Waals surface area contributed by atoms with E-state index < -0.39 is 15.6 Å². The number of hydrogen-bond acceptors (Lipinski definition) is 5. The quantitative estimate of drug-likeness (QED) is 0.827. The molecule has 0 aliphatic carbocycles. The Balaban J connectivity index is 1.72. The summed E-state index contributed by atoms with van der Waals surface area (Å²) in [5.74, 6) is 0.834. The molecule has 128 valence electrons. The molecule has 0 amide bonds. The van der Waals surface area contributed by atoms with Crippen LogP contribution in [0.3, 0.4) is 0 Å². The number of aryl methyl sites for hydroxylation is 1. The largest absolute Gasteiger partial charge is 0.489 e. The van der Waals surface area contributed by atoms with E-state index in [1.54, 1.807) is 25.1 Å². The van der Waals surface area contributed by atoms with Crippen molar-refractivity contribution in [3.63, 3.8) is 0 Å². The molecule has 3 rings (SSSR count). The number of rotatable bonds is 4. The van der Waals surface area contributed by atoms with E-state index >= 15 is 0 Å². The summed E-state index contributed by atoms with van der Waals surface area (Å²) in [7, 11) is -3.58. The average molecular weight is 370 g/mol. The molecule has 1 aromatic carbocycles. The highest BCUT2D eigenvalue weighted by atomic mass is 35.5. The molecule has 1 aliphatic rings. The van der Waals surface area contributed by atoms with E-state index in [9.17, 15) is 13.2 Å². The molecule has 0 radical (unpaired) electrons. The lowest BCUT2D eigenvalue weighted by atomic mass is 10.3. The van der Waals surface area contributed by atoms with Crippen molar-refractivity contribution in [1.82, 2.24) is 4.31 Å². The van der Waals surface area contributed by atoms with Gasteiger partial charge in [-0.25, -0.2) is 13.2 Å². The van der Waals surface area contributed by atoms with Gasteiger partial charge in [0.25, 0.3) is 0 Å². The second-order valence-electron chi connectivity index (χ2n) is 5.57. The van der Waals surface area contributed by atoms with Crippen molar-refractivity contribution >= 4 is 21.6 Å². The molecular formula is C16H16ClNO5S. The summed E-state index contributed by atoms with van der Waals surface area (Å²) in [6.07, 6.45) is 0.236. The molecule has 0 spiro atoms. The molecular weight excluding hydrogens is 354 g/mol. The topological polar surface area (TPSA) is 76.8 Å². The predicted octanol–water partition coefficient (Wildman–Crippen LogP) is 2.44. The van der Waals surface area contributed by atoms with Gasteiger partial charge in [-0.15, -0.1) is 0 Å². The summed E-state index contributed by atoms with van der Waals surface area (Å²) in [4.78, 5) is 11.6. The van der Waals surface area contributed by atoms with Crippen molar-refractivity contribution in [2.24, 2.45) is 0 Å². The van der Waals surface area contributed by atoms with Crippen molar-refractivity contribution in [1.29, 1.82) is 0 Å². The summed E-state index contributed by atoms with van der Waals surface area (Å²) in [6.45, 7) is 2.24. The Morgan fingerprint density at radius 2 is 1.96 bits per heavy atom. The molecule has 1 fully saturated rings. The first-order valence-corrected chi connectivity index (χ1v) is 9.20. The zero-order chi connectivity index (χ0) is 17.3. The first kappa shape index (κ1) is 17.0. The Morgan fingerprint density at radius 1 is 1.25 bits per heavy atom. The Morgan fingerprint density at radius 3 is 2.62 bits per heavy atom. The van der Waals surface area contributed by atoms with Crippen LogP contribution >= 0.6 is 11.6 Å². The maximum atomic E-state index is 12.6. The molecule has 1 atom stereocenters. The van der Waals surface area contributed by atoms with Gasteiger partial charge in [0, 0.05) is 17.6 Å². The standard InChI is InChI=1S/C16H16ClNO5S/c1-11-8-14(9-16(19)22-11)23-13-6-7-18(10-13)24(20,21)15-4-2-12(17)3-5-15/h2-5,8-9,13H,6-7,10H2,1H3. The van der Waals surface area contributed by atoms with E-state index in [0.717, 1.165) is 0 Å². The fourth-order valence-electron chi connectivity index (χ4n) is 2.60. The van der Waals surface area contributed by atoms with E-state index in [4.69, 9.17) is 20.8 Å². The number of nitrogens with zero attached hydrogens (tertiary/aromatic N) is 1. The van der Waals surface area contributed by atoms with Crippen molar-refractivity contribution in [2.75, 3.05) is 13.1 Å². The van der Waals surface area contributed by atoms with Crippen LogP contribution in [0, 0.1) is 6.92 Å². The van der Waals surface area contributed by atoms with Gasteiger partial charge in [-0.3, -0.25) is 0 Å². The van der Waals surface area contributed by atoms with Gasteiger partial charge in [-0.2, -0.15) is 4.31 Å². The zero-order valence-electron chi connectivity index (χ0n) is 12.9. The third kappa shape index (κ3) is 3.63. The van der Waals surface area contributed by atoms with E-state index in [0.29, 0.717) is 29.5 Å². The average Bonchev–Trinajstić information content (AvgIpc) is 2.96. The molecule has 0 bridgehead atoms. The first-order valence-electron chi connectivity index (χ1n) is 7.39. The minimum Gasteiger partial charge on any atom is -0.489 e. The summed E-state index contributed by atoms with van der Waals surface area (Å²) in [5, 5.41) is 0.481. The van der Waals surface area contributed by atoms with E-state index in [2.05, 4.69) is 0 Å². The molecule has 1 saturated heterocycles. The van der Waals surface area contributed by atoms with Gasteiger partial charge in [0.15, 0.2) is 0 Å². The second kappa shape index (κ2) is 6.58. The molecule has 0 N–H and O–H groups in total. The van der Waals surface area contributed by atoms with Gasteiger partial charge < -0.3 is 9.15 Å². The predicted molar refractivity (Wildman–Crippen MR) is 89.0 cm³/mol. The van der Waals surface area contributed by atoms with Crippen LogP contribution < -0.4 is 10.4 Å². The lowest BCUT2D eigenvalue weighted by Crippen LogP contribution is -2.31. The van der Waals surface area contributed by atoms with Crippen LogP contribution in [0.1, 0.15) is 12.2 Å². The van der Waals surface area contributed by atoms with Crippen LogP contribution in [-0.4, -0.2) is 31.9 Å². The summed E-state index contributed by atoms with van der Waals surface area (Å²) in [6, 6.07) is 8.92. The van der Waals surface area contributed by atoms with E-state index in [-0.39, 0.29) is 17.5 Å². The third-order valence-corrected chi connectivity index (χ3v) is 5.86. The van der Waals surface area contributed by atoms with Crippen molar-refractivity contribution in [3.8, 4) is 5.75 Å². The maximum Gasteiger partial charge on any atom is 0.339 e. The number of benzene rings is 1. The Kier molecular flexibility index (Phi) is 4.67. The van der Waals surface area contributed by atoms with Crippen molar-refractivity contribution in [2.45, 2.75) is 24.3 Å². The maximum absolute atomic E-state index is 12.6. The smallest absolute Gasteiger partial charge is 0.339 e. The molecule has 1 aliphatic heterocycles. The van der Waals surface area contributed by atoms with Crippen LogP contribution in [0.5, 0.6) is 5.75 Å². The minimum atomic E-state index is -3.58. The van der Waals surface area contributed by atoms with Crippen LogP contribution in [0.2, 0.25) is 5.02 Å². The summed E-state index contributed by atoms with van der Waals surface area (Å²) >= 11 is 5.80. The highest BCUT2D eigenvalue weighted by Crippen LogP contribution is 2.25. The number of sulfonamides is 1. The van der Waals surface area contributed by atoms with E-state index in [1.807, 2.05) is 0 Å². The third-order valence-electron chi connectivity index (χ3n) is 3.73. The van der Waals surface area contributed by atoms with Crippen LogP contribution in [0.15, 0.2) is 50.5 Å². The molecule has 24 heavy (non-hydrogen) atoms. The Bertz CT molecular complexity index is 891. The van der Waals surface area contributed by atoms with Gasteiger partial charge in [0.1, 0.15) is 17.6 Å². The normalized spacial score (nSPS) is 18.7. The second-order valence-corrected chi connectivity index (χ2v) is 7.94. The number of ether oxygens (including phenoxy) is 1. The lowest BCUT2D eigenvalue weighted by Gasteiger charge is -2.17. The van der Waals surface area contributed by atoms with Gasteiger partial charge >= 0.3 is 5.63 Å². The van der Waals surface area contributed by atoms with Gasteiger partial charge in [-0.1, -0.05) is 11.6 Å². The zero-order valence-corrected chi connectivity index (χ0v) is 14.5. The molecule has 1 unspecified atom stereocenters. The van der Waals surface area contributed by atoms with Crippen molar-refractivity contribution in [3.05, 3.63) is 57.6 Å². The van der Waals surface area contributed by atoms with Gasteiger partial charge in [0.2, 0.25) is 10.0 Å². The van der Waals surface area contributed by atoms with Gasteiger partial charge in [-0.05, 0) is 37.6 Å². The molecule has 6 nitrogen and oxygen atoms in total. The minimum absolute atomic E-state index is 0.198. The first-order chi connectivity index (χ1) is 11.3. The van der Waals surface area contributed by atoms with Gasteiger partial charge in [0.05, 0.1) is 17.5 Å². The fraction of sp³-hybridized carbons (Fsp3) is 0.312. The highest BCUT2D eigenvalue weighted by molar-refractivity contribution is 7.89. The molecule has 2 heterocycles. The summed E-state index contributed by atoms with van der Waals surface area (Å²) < 4.78 is 37.2. The Labute approximate surface area is 144 Å². The molecule has 2 aromatic rings. The van der Waals surface area contributed by atoms with Crippen molar-refractivity contribution < 1.29 is 17.6 Å². The van der Waals surface area contributed by atoms with Crippen LogP contribution in [0.25, 0.3) is 0 Å². The molecule has 8 heteroatoms. The lowest BCUT2D eigenvalue weighted by molar-refractivity contribution is 0.213.